The molecule has 1 fully saturated rings. The molecule has 0 unspecified atom stereocenters. The van der Waals surface area contributed by atoms with Crippen LogP contribution in [0.3, 0.4) is 0 Å². The second-order valence-electron chi connectivity index (χ2n) is 5.25. The van der Waals surface area contributed by atoms with E-state index >= 15 is 0 Å². The van der Waals surface area contributed by atoms with Gasteiger partial charge >= 0.3 is 0 Å². The number of hydrogen-bond donors (Lipinski definition) is 0. The fraction of sp³-hybridized carbons (Fsp3) is 0.533. The van der Waals surface area contributed by atoms with E-state index < -0.39 is 0 Å². The summed E-state index contributed by atoms with van der Waals surface area (Å²) in [7, 11) is 0. The number of furan rings is 1. The summed E-state index contributed by atoms with van der Waals surface area (Å²) in [6.45, 7) is 9.83. The lowest BCUT2D eigenvalue weighted by molar-refractivity contribution is 0.258. The van der Waals surface area contributed by atoms with Gasteiger partial charge in [0.05, 0.1) is 11.6 Å². The number of aryl methyl sites for hydroxylation is 1. The lowest BCUT2D eigenvalue weighted by atomic mass is 10.2. The van der Waals surface area contributed by atoms with E-state index in [2.05, 4.69) is 16.7 Å². The molecule has 3 rings (SSSR count). The molecular formula is C15H21N3O. The van der Waals surface area contributed by atoms with E-state index in [0.29, 0.717) is 0 Å². The average Bonchev–Trinajstić information content (AvgIpc) is 2.87. The standard InChI is InChI=1S/C15H21N3O/c1-3-5-17-6-8-18(9-7-17)15-13-4-10-19-14(13)11-12(2)16-15/h4,10-11H,3,5-9H2,1-2H3. The zero-order valence-electron chi connectivity index (χ0n) is 11.7. The van der Waals surface area contributed by atoms with Crippen molar-refractivity contribution < 1.29 is 4.42 Å². The lowest BCUT2D eigenvalue weighted by Gasteiger charge is -2.35. The summed E-state index contributed by atoms with van der Waals surface area (Å²) >= 11 is 0. The molecule has 19 heavy (non-hydrogen) atoms. The number of fused-ring (bicyclic) bond motifs is 1. The Morgan fingerprint density at radius 2 is 2.05 bits per heavy atom. The lowest BCUT2D eigenvalue weighted by Crippen LogP contribution is -2.46. The summed E-state index contributed by atoms with van der Waals surface area (Å²) in [6.07, 6.45) is 2.98. The molecule has 0 radical (unpaired) electrons. The number of piperazine rings is 1. The van der Waals surface area contributed by atoms with Crippen molar-refractivity contribution >= 4 is 16.8 Å². The van der Waals surface area contributed by atoms with Crippen LogP contribution in [-0.2, 0) is 0 Å². The van der Waals surface area contributed by atoms with Gasteiger partial charge in [-0.25, -0.2) is 4.98 Å². The highest BCUT2D eigenvalue weighted by Gasteiger charge is 2.20. The highest BCUT2D eigenvalue weighted by Crippen LogP contribution is 2.27. The van der Waals surface area contributed by atoms with Gasteiger partial charge in [-0.15, -0.1) is 0 Å². The first-order valence-corrected chi connectivity index (χ1v) is 7.10. The molecular weight excluding hydrogens is 238 g/mol. The van der Waals surface area contributed by atoms with Crippen LogP contribution in [0.1, 0.15) is 19.0 Å². The number of hydrogen-bond acceptors (Lipinski definition) is 4. The third-order valence-corrected chi connectivity index (χ3v) is 3.77. The summed E-state index contributed by atoms with van der Waals surface area (Å²) in [5.41, 5.74) is 1.96. The molecule has 1 aliphatic heterocycles. The van der Waals surface area contributed by atoms with Gasteiger partial charge in [0, 0.05) is 37.9 Å². The molecule has 4 nitrogen and oxygen atoms in total. The van der Waals surface area contributed by atoms with Crippen LogP contribution in [-0.4, -0.2) is 42.6 Å². The second kappa shape index (κ2) is 5.21. The number of rotatable bonds is 3. The summed E-state index contributed by atoms with van der Waals surface area (Å²) in [4.78, 5) is 9.63. The molecule has 3 heterocycles. The van der Waals surface area contributed by atoms with Crippen molar-refractivity contribution in [2.24, 2.45) is 0 Å². The van der Waals surface area contributed by atoms with Gasteiger partial charge in [0.25, 0.3) is 0 Å². The minimum atomic E-state index is 0.943. The van der Waals surface area contributed by atoms with Crippen LogP contribution in [0.25, 0.3) is 11.0 Å². The zero-order chi connectivity index (χ0) is 13.2. The fourth-order valence-electron chi connectivity index (χ4n) is 2.81. The zero-order valence-corrected chi connectivity index (χ0v) is 11.7. The van der Waals surface area contributed by atoms with Crippen molar-refractivity contribution in [2.45, 2.75) is 20.3 Å². The molecule has 1 saturated heterocycles. The molecule has 0 N–H and O–H groups in total. The van der Waals surface area contributed by atoms with E-state index in [-0.39, 0.29) is 0 Å². The molecule has 0 saturated carbocycles. The number of nitrogens with zero attached hydrogens (tertiary/aromatic N) is 3. The topological polar surface area (TPSA) is 32.5 Å². The summed E-state index contributed by atoms with van der Waals surface area (Å²) in [5.74, 6) is 1.08. The Morgan fingerprint density at radius 1 is 1.26 bits per heavy atom. The Morgan fingerprint density at radius 3 is 2.79 bits per heavy atom. The largest absolute Gasteiger partial charge is 0.464 e. The van der Waals surface area contributed by atoms with Crippen LogP contribution in [0.5, 0.6) is 0 Å². The van der Waals surface area contributed by atoms with Gasteiger partial charge in [0.15, 0.2) is 0 Å². The number of pyridine rings is 1. The summed E-state index contributed by atoms with van der Waals surface area (Å²) in [5, 5.41) is 1.13. The van der Waals surface area contributed by atoms with Crippen molar-refractivity contribution in [1.29, 1.82) is 0 Å². The summed E-state index contributed by atoms with van der Waals surface area (Å²) in [6, 6.07) is 4.03. The molecule has 102 valence electrons. The molecule has 0 spiro atoms. The van der Waals surface area contributed by atoms with E-state index in [1.165, 1.54) is 13.0 Å². The SMILES string of the molecule is CCCN1CCN(c2nc(C)cc3occc23)CC1. The van der Waals surface area contributed by atoms with Crippen LogP contribution in [0.2, 0.25) is 0 Å². The minimum absolute atomic E-state index is 0.943. The van der Waals surface area contributed by atoms with Crippen molar-refractivity contribution in [2.75, 3.05) is 37.6 Å². The Balaban J connectivity index is 1.83. The molecule has 2 aromatic heterocycles. The Kier molecular flexibility index (Phi) is 3.42. The van der Waals surface area contributed by atoms with Gasteiger partial charge in [-0.1, -0.05) is 6.92 Å². The smallest absolute Gasteiger partial charge is 0.140 e. The number of anilines is 1. The van der Waals surface area contributed by atoms with E-state index in [4.69, 9.17) is 9.40 Å². The van der Waals surface area contributed by atoms with Crippen LogP contribution >= 0.6 is 0 Å². The van der Waals surface area contributed by atoms with Crippen LogP contribution in [0.4, 0.5) is 5.82 Å². The predicted molar refractivity (Wildman–Crippen MR) is 77.7 cm³/mol. The Labute approximate surface area is 114 Å². The van der Waals surface area contributed by atoms with Gasteiger partial charge < -0.3 is 9.32 Å². The minimum Gasteiger partial charge on any atom is -0.464 e. The van der Waals surface area contributed by atoms with E-state index in [1.54, 1.807) is 6.26 Å². The third-order valence-electron chi connectivity index (χ3n) is 3.77. The quantitative estimate of drug-likeness (QED) is 0.848. The molecule has 4 heteroatoms. The van der Waals surface area contributed by atoms with Crippen LogP contribution in [0.15, 0.2) is 22.8 Å². The molecule has 2 aromatic rings. The van der Waals surface area contributed by atoms with Gasteiger partial charge in [0.1, 0.15) is 11.4 Å². The highest BCUT2D eigenvalue weighted by atomic mass is 16.3. The maximum absolute atomic E-state index is 5.51. The number of aromatic nitrogens is 1. The van der Waals surface area contributed by atoms with Gasteiger partial charge in [-0.05, 0) is 26.0 Å². The average molecular weight is 259 g/mol. The second-order valence-corrected chi connectivity index (χ2v) is 5.25. The van der Waals surface area contributed by atoms with Crippen LogP contribution < -0.4 is 4.90 Å². The normalized spacial score (nSPS) is 17.3. The Bertz CT molecular complexity index is 556. The van der Waals surface area contributed by atoms with Crippen molar-refractivity contribution in [1.82, 2.24) is 9.88 Å². The first-order valence-electron chi connectivity index (χ1n) is 7.10. The van der Waals surface area contributed by atoms with Gasteiger partial charge in [0.2, 0.25) is 0 Å². The van der Waals surface area contributed by atoms with E-state index in [1.807, 2.05) is 19.1 Å². The van der Waals surface area contributed by atoms with Crippen molar-refractivity contribution in [3.63, 3.8) is 0 Å². The summed E-state index contributed by atoms with van der Waals surface area (Å²) < 4.78 is 5.51. The van der Waals surface area contributed by atoms with E-state index in [9.17, 15) is 0 Å². The van der Waals surface area contributed by atoms with Gasteiger partial charge in [-0.3, -0.25) is 4.90 Å². The van der Waals surface area contributed by atoms with Crippen LogP contribution in [0, 0.1) is 6.92 Å². The monoisotopic (exact) mass is 259 g/mol. The van der Waals surface area contributed by atoms with E-state index in [0.717, 1.165) is 48.7 Å². The molecule has 0 aromatic carbocycles. The third kappa shape index (κ3) is 2.45. The highest BCUT2D eigenvalue weighted by molar-refractivity contribution is 5.89. The first kappa shape index (κ1) is 12.5. The van der Waals surface area contributed by atoms with Crippen molar-refractivity contribution in [3.8, 4) is 0 Å². The molecule has 1 aliphatic rings. The maximum atomic E-state index is 5.51. The molecule has 0 bridgehead atoms. The van der Waals surface area contributed by atoms with Crippen molar-refractivity contribution in [3.05, 3.63) is 24.1 Å². The predicted octanol–water partition coefficient (Wildman–Crippen LogP) is 2.67. The molecule has 0 atom stereocenters. The maximum Gasteiger partial charge on any atom is 0.140 e. The first-order chi connectivity index (χ1) is 9.28. The molecule has 0 aliphatic carbocycles. The molecule has 0 amide bonds. The Hall–Kier alpha value is -1.55. The fourth-order valence-corrected chi connectivity index (χ4v) is 2.81. The van der Waals surface area contributed by atoms with Gasteiger partial charge in [-0.2, -0.15) is 0 Å².